The van der Waals surface area contributed by atoms with Gasteiger partial charge in [-0.05, 0) is 24.6 Å². The van der Waals surface area contributed by atoms with Gasteiger partial charge in [-0.15, -0.1) is 0 Å². The van der Waals surface area contributed by atoms with Crippen LogP contribution in [0.15, 0.2) is 30.0 Å². The first-order valence-corrected chi connectivity index (χ1v) is 6.65. The van der Waals surface area contributed by atoms with Gasteiger partial charge < -0.3 is 20.1 Å². The third-order valence-corrected chi connectivity index (χ3v) is 3.17. The van der Waals surface area contributed by atoms with Crippen molar-refractivity contribution in [2.45, 2.75) is 6.92 Å². The Morgan fingerprint density at radius 3 is 2.81 bits per heavy atom. The van der Waals surface area contributed by atoms with Crippen LogP contribution in [0.5, 0.6) is 5.75 Å². The van der Waals surface area contributed by atoms with Crippen LogP contribution in [0.2, 0.25) is 0 Å². The molecule has 0 unspecified atom stereocenters. The minimum Gasteiger partial charge on any atom is -0.506 e. The Balaban J connectivity index is 2.09. The molecule has 0 aromatic heterocycles. The summed E-state index contributed by atoms with van der Waals surface area (Å²) in [6.45, 7) is 3.79. The highest BCUT2D eigenvalue weighted by molar-refractivity contribution is 5.97. The minimum atomic E-state index is -0.333. The summed E-state index contributed by atoms with van der Waals surface area (Å²) in [6, 6.07) is 7.00. The summed E-state index contributed by atoms with van der Waals surface area (Å²) in [5, 5.41) is 21.7. The molecule has 0 aliphatic carbocycles. The first-order valence-electron chi connectivity index (χ1n) is 6.65. The van der Waals surface area contributed by atoms with Crippen LogP contribution < -0.4 is 5.32 Å². The van der Waals surface area contributed by atoms with Crippen LogP contribution in [0.4, 0.5) is 5.69 Å². The molecule has 1 aromatic carbocycles. The molecule has 0 bridgehead atoms. The molecule has 0 spiro atoms. The van der Waals surface area contributed by atoms with Crippen LogP contribution in [0.3, 0.4) is 0 Å². The number of aryl methyl sites for hydroxylation is 1. The fraction of sp³-hybridized carbons (Fsp3) is 0.333. The van der Waals surface area contributed by atoms with Crippen LogP contribution in [0.25, 0.3) is 0 Å². The molecule has 2 N–H and O–H groups in total. The fourth-order valence-electron chi connectivity index (χ4n) is 1.99. The van der Waals surface area contributed by atoms with Crippen LogP contribution >= 0.6 is 0 Å². The van der Waals surface area contributed by atoms with E-state index in [9.17, 15) is 9.90 Å². The van der Waals surface area contributed by atoms with Gasteiger partial charge in [0.1, 0.15) is 17.4 Å². The number of phenolic OH excluding ortho intramolecular Hbond substituents is 1. The molecule has 1 aliphatic heterocycles. The molecule has 1 heterocycles. The normalized spacial score (nSPS) is 15.4. The van der Waals surface area contributed by atoms with Crippen LogP contribution in [0.1, 0.15) is 5.56 Å². The Hall–Kier alpha value is -2.52. The largest absolute Gasteiger partial charge is 0.506 e. The van der Waals surface area contributed by atoms with Crippen molar-refractivity contribution < 1.29 is 14.6 Å². The zero-order chi connectivity index (χ0) is 15.2. The van der Waals surface area contributed by atoms with Gasteiger partial charge in [-0.2, -0.15) is 5.26 Å². The van der Waals surface area contributed by atoms with E-state index in [1.54, 1.807) is 17.0 Å². The molecule has 0 radical (unpaired) electrons. The van der Waals surface area contributed by atoms with Gasteiger partial charge >= 0.3 is 0 Å². The number of hydrogen-bond donors (Lipinski definition) is 2. The molecule has 1 aromatic rings. The van der Waals surface area contributed by atoms with Gasteiger partial charge in [0.2, 0.25) is 0 Å². The van der Waals surface area contributed by atoms with E-state index >= 15 is 0 Å². The highest BCUT2D eigenvalue weighted by Crippen LogP contribution is 2.24. The zero-order valence-corrected chi connectivity index (χ0v) is 11.8. The summed E-state index contributed by atoms with van der Waals surface area (Å²) in [5.41, 5.74) is 1.37. The highest BCUT2D eigenvalue weighted by Gasteiger charge is 2.20. The van der Waals surface area contributed by atoms with E-state index in [4.69, 9.17) is 10.00 Å². The first kappa shape index (κ1) is 14.9. The zero-order valence-electron chi connectivity index (χ0n) is 11.8. The lowest BCUT2D eigenvalue weighted by Gasteiger charge is -2.26. The van der Waals surface area contributed by atoms with Crippen LogP contribution in [0, 0.1) is 18.3 Å². The number of nitrogens with zero attached hydrogens (tertiary/aromatic N) is 2. The Morgan fingerprint density at radius 1 is 1.48 bits per heavy atom. The molecule has 1 fully saturated rings. The number of carbonyl (C=O) groups is 1. The molecule has 1 aliphatic rings. The molecule has 1 saturated heterocycles. The van der Waals surface area contributed by atoms with Crippen LogP contribution in [-0.4, -0.2) is 42.2 Å². The van der Waals surface area contributed by atoms with Crippen molar-refractivity contribution >= 4 is 11.6 Å². The number of nitriles is 1. The number of aromatic hydroxyl groups is 1. The molecule has 1 amide bonds. The number of nitrogens with one attached hydrogen (secondary N) is 1. The van der Waals surface area contributed by atoms with Gasteiger partial charge in [-0.3, -0.25) is 4.79 Å². The molecular formula is C15H17N3O3. The Labute approximate surface area is 123 Å². The SMILES string of the molecule is Cc1ccc(N/C=C(/C#N)C(=O)N2CCOCC2)c(O)c1. The fourth-order valence-corrected chi connectivity index (χ4v) is 1.99. The van der Waals surface area contributed by atoms with E-state index in [0.29, 0.717) is 32.0 Å². The van der Waals surface area contributed by atoms with E-state index in [2.05, 4.69) is 5.32 Å². The number of rotatable bonds is 3. The van der Waals surface area contributed by atoms with E-state index in [1.165, 1.54) is 6.20 Å². The van der Waals surface area contributed by atoms with Crippen molar-refractivity contribution in [3.63, 3.8) is 0 Å². The van der Waals surface area contributed by atoms with E-state index in [0.717, 1.165) is 5.56 Å². The number of amides is 1. The highest BCUT2D eigenvalue weighted by atomic mass is 16.5. The van der Waals surface area contributed by atoms with E-state index in [-0.39, 0.29) is 17.2 Å². The molecule has 6 heteroatoms. The predicted octanol–water partition coefficient (Wildman–Crippen LogP) is 1.38. The van der Waals surface area contributed by atoms with Crippen molar-refractivity contribution in [1.29, 1.82) is 5.26 Å². The maximum absolute atomic E-state index is 12.2. The van der Waals surface area contributed by atoms with Crippen molar-refractivity contribution in [2.24, 2.45) is 0 Å². The lowest BCUT2D eigenvalue weighted by atomic mass is 10.2. The summed E-state index contributed by atoms with van der Waals surface area (Å²) in [5.74, 6) is -0.262. The van der Waals surface area contributed by atoms with E-state index < -0.39 is 0 Å². The lowest BCUT2D eigenvalue weighted by molar-refractivity contribution is -0.130. The Kier molecular flexibility index (Phi) is 4.80. The third-order valence-electron chi connectivity index (χ3n) is 3.17. The van der Waals surface area contributed by atoms with Gasteiger partial charge in [-0.25, -0.2) is 0 Å². The average molecular weight is 287 g/mol. The van der Waals surface area contributed by atoms with Gasteiger partial charge in [0.05, 0.1) is 18.9 Å². The van der Waals surface area contributed by atoms with Crippen molar-refractivity contribution in [3.8, 4) is 11.8 Å². The third kappa shape index (κ3) is 3.74. The maximum atomic E-state index is 12.2. The van der Waals surface area contributed by atoms with Gasteiger partial charge in [-0.1, -0.05) is 6.07 Å². The summed E-state index contributed by atoms with van der Waals surface area (Å²) < 4.78 is 5.17. The standard InChI is InChI=1S/C15H17N3O3/c1-11-2-3-13(14(19)8-11)17-10-12(9-16)15(20)18-4-6-21-7-5-18/h2-3,8,10,17,19H,4-7H2,1H3/b12-10-. The summed E-state index contributed by atoms with van der Waals surface area (Å²) in [6.07, 6.45) is 1.32. The molecule has 2 rings (SSSR count). The van der Waals surface area contributed by atoms with Crippen molar-refractivity contribution in [3.05, 3.63) is 35.5 Å². The number of hydrogen-bond acceptors (Lipinski definition) is 5. The predicted molar refractivity (Wildman–Crippen MR) is 77.6 cm³/mol. The van der Waals surface area contributed by atoms with Crippen molar-refractivity contribution in [1.82, 2.24) is 4.90 Å². The monoisotopic (exact) mass is 287 g/mol. The molecular weight excluding hydrogens is 270 g/mol. The van der Waals surface area contributed by atoms with Gasteiger partial charge in [0, 0.05) is 19.3 Å². The lowest BCUT2D eigenvalue weighted by Crippen LogP contribution is -2.41. The minimum absolute atomic E-state index is 0.00289. The Morgan fingerprint density at radius 2 is 2.19 bits per heavy atom. The summed E-state index contributed by atoms with van der Waals surface area (Å²) in [7, 11) is 0. The van der Waals surface area contributed by atoms with Crippen molar-refractivity contribution in [2.75, 3.05) is 31.6 Å². The second-order valence-corrected chi connectivity index (χ2v) is 4.74. The number of benzene rings is 1. The number of ether oxygens (including phenoxy) is 1. The average Bonchev–Trinajstić information content (AvgIpc) is 2.50. The molecule has 0 saturated carbocycles. The molecule has 0 atom stereocenters. The summed E-state index contributed by atoms with van der Waals surface area (Å²) >= 11 is 0. The van der Waals surface area contributed by atoms with E-state index in [1.807, 2.05) is 19.1 Å². The number of anilines is 1. The maximum Gasteiger partial charge on any atom is 0.266 e. The first-order chi connectivity index (χ1) is 10.1. The Bertz CT molecular complexity index is 599. The quantitative estimate of drug-likeness (QED) is 0.498. The van der Waals surface area contributed by atoms with Gasteiger partial charge in [0.15, 0.2) is 0 Å². The smallest absolute Gasteiger partial charge is 0.266 e. The second kappa shape index (κ2) is 6.77. The summed E-state index contributed by atoms with van der Waals surface area (Å²) in [4.78, 5) is 13.7. The second-order valence-electron chi connectivity index (χ2n) is 4.74. The van der Waals surface area contributed by atoms with Crippen LogP contribution in [-0.2, 0) is 9.53 Å². The molecule has 6 nitrogen and oxygen atoms in total. The topological polar surface area (TPSA) is 85.6 Å². The molecule has 21 heavy (non-hydrogen) atoms. The number of morpholine rings is 1. The van der Waals surface area contributed by atoms with Gasteiger partial charge in [0.25, 0.3) is 5.91 Å². The number of phenols is 1. The molecule has 110 valence electrons. The number of carbonyl (C=O) groups excluding carboxylic acids is 1.